The number of ether oxygens (including phenoxy) is 2. The second-order valence-corrected chi connectivity index (χ2v) is 7.42. The normalized spacial score (nSPS) is 12.7. The topological polar surface area (TPSA) is 60.5 Å². The van der Waals surface area contributed by atoms with Crippen LogP contribution in [0.4, 0.5) is 5.69 Å². The third kappa shape index (κ3) is 3.73. The number of amides is 1. The molecule has 0 saturated carbocycles. The summed E-state index contributed by atoms with van der Waals surface area (Å²) in [5.74, 6) is 1.18. The Morgan fingerprint density at radius 3 is 2.65 bits per heavy atom. The van der Waals surface area contributed by atoms with Gasteiger partial charge in [-0.15, -0.1) is 11.3 Å². The van der Waals surface area contributed by atoms with Crippen molar-refractivity contribution in [3.05, 3.63) is 58.0 Å². The Kier molecular flexibility index (Phi) is 4.90. The van der Waals surface area contributed by atoms with Gasteiger partial charge in [0, 0.05) is 27.5 Å². The molecule has 2 heterocycles. The molecule has 132 valence electrons. The van der Waals surface area contributed by atoms with Gasteiger partial charge >= 0.3 is 0 Å². The summed E-state index contributed by atoms with van der Waals surface area (Å²) in [6.45, 7) is 1.03. The van der Waals surface area contributed by atoms with Crippen molar-refractivity contribution < 1.29 is 14.3 Å². The number of nitrogens with zero attached hydrogens (tertiary/aromatic N) is 1. The van der Waals surface area contributed by atoms with Crippen LogP contribution in [0, 0.1) is 0 Å². The Morgan fingerprint density at radius 2 is 1.88 bits per heavy atom. The van der Waals surface area contributed by atoms with E-state index < -0.39 is 0 Å². The van der Waals surface area contributed by atoms with E-state index >= 15 is 0 Å². The number of thiazole rings is 1. The minimum atomic E-state index is -0.132. The van der Waals surface area contributed by atoms with Gasteiger partial charge in [-0.2, -0.15) is 0 Å². The highest BCUT2D eigenvalue weighted by Crippen LogP contribution is 2.38. The first-order chi connectivity index (χ1) is 12.7. The predicted molar refractivity (Wildman–Crippen MR) is 105 cm³/mol. The fraction of sp³-hybridized carbons (Fsp3) is 0.158. The van der Waals surface area contributed by atoms with Gasteiger partial charge in [0.2, 0.25) is 5.91 Å². The number of hydrogen-bond acceptors (Lipinski definition) is 5. The molecule has 1 aliphatic heterocycles. The summed E-state index contributed by atoms with van der Waals surface area (Å²) >= 11 is 5.00. The molecule has 0 spiro atoms. The molecule has 0 fully saturated rings. The molecular formula is C19H15BrN2O3S. The van der Waals surface area contributed by atoms with Crippen LogP contribution in [0.2, 0.25) is 0 Å². The molecule has 1 aromatic heterocycles. The summed E-state index contributed by atoms with van der Waals surface area (Å²) in [5.41, 5.74) is 2.46. The highest BCUT2D eigenvalue weighted by Gasteiger charge is 2.17. The van der Waals surface area contributed by atoms with Gasteiger partial charge in [-0.05, 0) is 15.9 Å². The van der Waals surface area contributed by atoms with E-state index in [2.05, 4.69) is 26.2 Å². The van der Waals surface area contributed by atoms with E-state index in [9.17, 15) is 4.79 Å². The van der Waals surface area contributed by atoms with E-state index in [1.807, 2.05) is 35.7 Å². The molecule has 4 rings (SSSR count). The fourth-order valence-corrected chi connectivity index (χ4v) is 3.87. The average Bonchev–Trinajstić information content (AvgIpc) is 3.11. The average molecular weight is 431 g/mol. The van der Waals surface area contributed by atoms with E-state index in [4.69, 9.17) is 9.47 Å². The first-order valence-corrected chi connectivity index (χ1v) is 9.75. The van der Waals surface area contributed by atoms with Crippen LogP contribution in [0.3, 0.4) is 0 Å². The molecule has 1 amide bonds. The maximum Gasteiger partial charge on any atom is 0.230 e. The van der Waals surface area contributed by atoms with E-state index in [0.29, 0.717) is 30.4 Å². The molecule has 5 nitrogen and oxygen atoms in total. The van der Waals surface area contributed by atoms with Gasteiger partial charge in [-0.1, -0.05) is 30.3 Å². The zero-order valence-electron chi connectivity index (χ0n) is 13.7. The van der Waals surface area contributed by atoms with Gasteiger partial charge in [0.1, 0.15) is 18.2 Å². The lowest BCUT2D eigenvalue weighted by atomic mass is 10.2. The zero-order valence-corrected chi connectivity index (χ0v) is 16.1. The van der Waals surface area contributed by atoms with Crippen LogP contribution in [-0.2, 0) is 11.2 Å². The van der Waals surface area contributed by atoms with E-state index in [1.54, 1.807) is 12.1 Å². The Hall–Kier alpha value is -2.38. The van der Waals surface area contributed by atoms with Crippen LogP contribution in [0.5, 0.6) is 11.5 Å². The SMILES string of the molecule is O=C(Cc1csc(-c2ccccc2)n1)Nc1cc2c(cc1Br)OCCO2. The van der Waals surface area contributed by atoms with Crippen LogP contribution < -0.4 is 14.8 Å². The molecular weight excluding hydrogens is 416 g/mol. The molecule has 2 aromatic carbocycles. The van der Waals surface area contributed by atoms with E-state index in [1.165, 1.54) is 11.3 Å². The number of fused-ring (bicyclic) bond motifs is 1. The predicted octanol–water partition coefficient (Wildman–Crippen LogP) is 4.53. The van der Waals surface area contributed by atoms with Gasteiger partial charge in [-0.3, -0.25) is 4.79 Å². The minimum Gasteiger partial charge on any atom is -0.486 e. The maximum absolute atomic E-state index is 12.4. The minimum absolute atomic E-state index is 0.132. The van der Waals surface area contributed by atoms with Crippen molar-refractivity contribution in [2.75, 3.05) is 18.5 Å². The number of anilines is 1. The van der Waals surface area contributed by atoms with Gasteiger partial charge < -0.3 is 14.8 Å². The number of carbonyl (C=O) groups is 1. The summed E-state index contributed by atoms with van der Waals surface area (Å²) in [5, 5.41) is 5.73. The smallest absolute Gasteiger partial charge is 0.230 e. The number of nitrogens with one attached hydrogen (secondary N) is 1. The molecule has 1 aliphatic rings. The number of hydrogen-bond donors (Lipinski definition) is 1. The number of carbonyl (C=O) groups excluding carboxylic acids is 1. The Morgan fingerprint density at radius 1 is 1.15 bits per heavy atom. The molecule has 0 saturated heterocycles. The first-order valence-electron chi connectivity index (χ1n) is 8.08. The number of benzene rings is 2. The van der Waals surface area contributed by atoms with Crippen molar-refractivity contribution >= 4 is 38.9 Å². The molecule has 1 N–H and O–H groups in total. The number of aromatic nitrogens is 1. The third-order valence-corrected chi connectivity index (χ3v) is 5.42. The lowest BCUT2D eigenvalue weighted by molar-refractivity contribution is -0.115. The van der Waals surface area contributed by atoms with Crippen molar-refractivity contribution in [3.8, 4) is 22.1 Å². The standard InChI is InChI=1S/C19H15BrN2O3S/c20-14-9-16-17(25-7-6-24-16)10-15(14)22-18(23)8-13-11-26-19(21-13)12-4-2-1-3-5-12/h1-5,9-11H,6-8H2,(H,22,23). The second kappa shape index (κ2) is 7.47. The summed E-state index contributed by atoms with van der Waals surface area (Å²) in [6.07, 6.45) is 0.213. The van der Waals surface area contributed by atoms with Crippen LogP contribution >= 0.6 is 27.3 Å². The zero-order chi connectivity index (χ0) is 17.9. The quantitative estimate of drug-likeness (QED) is 0.660. The monoisotopic (exact) mass is 430 g/mol. The second-order valence-electron chi connectivity index (χ2n) is 5.71. The lowest BCUT2D eigenvalue weighted by Gasteiger charge is -2.20. The van der Waals surface area contributed by atoms with Crippen molar-refractivity contribution in [1.29, 1.82) is 0 Å². The first kappa shape index (κ1) is 17.1. The molecule has 0 bridgehead atoms. The van der Waals surface area contributed by atoms with Crippen molar-refractivity contribution in [2.45, 2.75) is 6.42 Å². The van der Waals surface area contributed by atoms with Gasteiger partial charge in [-0.25, -0.2) is 4.98 Å². The summed E-state index contributed by atoms with van der Waals surface area (Å²) < 4.78 is 11.8. The van der Waals surface area contributed by atoms with Crippen LogP contribution in [-0.4, -0.2) is 24.1 Å². The van der Waals surface area contributed by atoms with Crippen LogP contribution in [0.1, 0.15) is 5.69 Å². The number of halogens is 1. The third-order valence-electron chi connectivity index (χ3n) is 3.82. The molecule has 26 heavy (non-hydrogen) atoms. The van der Waals surface area contributed by atoms with Crippen LogP contribution in [0.25, 0.3) is 10.6 Å². The fourth-order valence-electron chi connectivity index (χ4n) is 2.62. The van der Waals surface area contributed by atoms with Crippen molar-refractivity contribution in [3.63, 3.8) is 0 Å². The summed E-state index contributed by atoms with van der Waals surface area (Å²) in [4.78, 5) is 17.0. The molecule has 3 aromatic rings. The molecule has 0 atom stereocenters. The summed E-state index contributed by atoms with van der Waals surface area (Å²) in [7, 11) is 0. The van der Waals surface area contributed by atoms with Gasteiger partial charge in [0.15, 0.2) is 11.5 Å². The Labute approximate surface area is 163 Å². The van der Waals surface area contributed by atoms with Gasteiger partial charge in [0.05, 0.1) is 17.8 Å². The largest absolute Gasteiger partial charge is 0.486 e. The number of rotatable bonds is 4. The summed E-state index contributed by atoms with van der Waals surface area (Å²) in [6, 6.07) is 13.5. The molecule has 0 radical (unpaired) electrons. The van der Waals surface area contributed by atoms with Crippen molar-refractivity contribution in [1.82, 2.24) is 4.98 Å². The van der Waals surface area contributed by atoms with E-state index in [0.717, 1.165) is 20.7 Å². The van der Waals surface area contributed by atoms with E-state index in [-0.39, 0.29) is 12.3 Å². The van der Waals surface area contributed by atoms with Crippen LogP contribution in [0.15, 0.2) is 52.3 Å². The van der Waals surface area contributed by atoms with Crippen molar-refractivity contribution in [2.24, 2.45) is 0 Å². The molecule has 0 aliphatic carbocycles. The lowest BCUT2D eigenvalue weighted by Crippen LogP contribution is -2.17. The molecule has 0 unspecified atom stereocenters. The molecule has 7 heteroatoms. The highest BCUT2D eigenvalue weighted by atomic mass is 79.9. The van der Waals surface area contributed by atoms with Gasteiger partial charge in [0.25, 0.3) is 0 Å². The maximum atomic E-state index is 12.4. The highest BCUT2D eigenvalue weighted by molar-refractivity contribution is 9.10. The Bertz CT molecular complexity index is 943. The Balaban J connectivity index is 1.45.